The van der Waals surface area contributed by atoms with Crippen molar-refractivity contribution in [1.29, 1.82) is 0 Å². The first-order valence-corrected chi connectivity index (χ1v) is 7.94. The van der Waals surface area contributed by atoms with Crippen LogP contribution in [0.5, 0.6) is 0 Å². The average Bonchev–Trinajstić information content (AvgIpc) is 2.50. The van der Waals surface area contributed by atoms with Crippen molar-refractivity contribution in [3.8, 4) is 0 Å². The molecular weight excluding hydrogens is 388 g/mol. The van der Waals surface area contributed by atoms with Gasteiger partial charge in [-0.1, -0.05) is 0 Å². The molecule has 0 bridgehead atoms. The number of benzene rings is 1. The second-order valence-corrected chi connectivity index (χ2v) is 6.31. The summed E-state index contributed by atoms with van der Waals surface area (Å²) in [5.74, 6) is 2.03. The van der Waals surface area contributed by atoms with Gasteiger partial charge in [0, 0.05) is 43.3 Å². The van der Waals surface area contributed by atoms with Crippen molar-refractivity contribution in [2.24, 2.45) is 0 Å². The topological polar surface area (TPSA) is 112 Å². The Kier molecular flexibility index (Phi) is 5.60. The highest BCUT2D eigenvalue weighted by Gasteiger charge is 2.17. The molecule has 0 saturated carbocycles. The van der Waals surface area contributed by atoms with Gasteiger partial charge in [-0.25, -0.2) is 0 Å². The normalized spacial score (nSPS) is 15.3. The van der Waals surface area contributed by atoms with Crippen LogP contribution in [0.1, 0.15) is 5.56 Å². The molecule has 10 heteroatoms. The number of nitrogens with zero attached hydrogens (tertiary/aromatic N) is 2. The molecule has 2 heterocycles. The molecule has 2 N–H and O–H groups in total. The molecule has 1 aliphatic rings. The fourth-order valence-corrected chi connectivity index (χ4v) is 3.49. The Morgan fingerprint density at radius 1 is 1.17 bits per heavy atom. The molecule has 1 aliphatic heterocycles. The maximum atomic E-state index is 11.5. The van der Waals surface area contributed by atoms with Crippen molar-refractivity contribution >= 4 is 45.5 Å². The van der Waals surface area contributed by atoms with Gasteiger partial charge in [0.2, 0.25) is 0 Å². The van der Waals surface area contributed by atoms with E-state index >= 15 is 0 Å². The largest absolute Gasteiger partial charge is 0.316 e. The van der Waals surface area contributed by atoms with Crippen LogP contribution in [0, 0.1) is 10.1 Å². The van der Waals surface area contributed by atoms with Gasteiger partial charge in [-0.2, -0.15) is 11.8 Å². The number of aromatic nitrogens is 2. The lowest BCUT2D eigenvalue weighted by molar-refractivity contribution is -0.384. The zero-order chi connectivity index (χ0) is 15.7. The molecule has 8 nitrogen and oxygen atoms in total. The lowest BCUT2D eigenvalue weighted by Gasteiger charge is -2.26. The maximum Gasteiger partial charge on any atom is 0.314 e. The predicted molar refractivity (Wildman–Crippen MR) is 94.8 cm³/mol. The van der Waals surface area contributed by atoms with Gasteiger partial charge in [-0.05, 0) is 5.56 Å². The van der Waals surface area contributed by atoms with E-state index in [1.165, 1.54) is 12.1 Å². The number of thioether (sulfide) groups is 1. The van der Waals surface area contributed by atoms with E-state index in [2.05, 4.69) is 14.9 Å². The lowest BCUT2D eigenvalue weighted by Crippen LogP contribution is -2.33. The minimum absolute atomic E-state index is 0. The van der Waals surface area contributed by atoms with Crippen LogP contribution in [0.15, 0.2) is 21.7 Å². The van der Waals surface area contributed by atoms with Gasteiger partial charge in [0.15, 0.2) is 0 Å². The molecule has 2 aromatic rings. The summed E-state index contributed by atoms with van der Waals surface area (Å²) in [5, 5.41) is 11.1. The lowest BCUT2D eigenvalue weighted by atomic mass is 10.1. The Bertz CT molecular complexity index is 844. The molecule has 124 valence electrons. The highest BCUT2D eigenvalue weighted by Crippen LogP contribution is 2.23. The highest BCUT2D eigenvalue weighted by atomic mass is 79.9. The van der Waals surface area contributed by atoms with E-state index < -0.39 is 16.0 Å². The minimum atomic E-state index is -0.812. The summed E-state index contributed by atoms with van der Waals surface area (Å²) >= 11 is 1.87. The maximum absolute atomic E-state index is 11.5. The number of hydrogen-bond acceptors (Lipinski definition) is 6. The van der Waals surface area contributed by atoms with E-state index in [1.807, 2.05) is 11.8 Å². The zero-order valence-electron chi connectivity index (χ0n) is 12.0. The number of nitro groups is 1. The van der Waals surface area contributed by atoms with Crippen molar-refractivity contribution < 1.29 is 4.92 Å². The summed E-state index contributed by atoms with van der Waals surface area (Å²) in [6.45, 7) is 2.28. The van der Waals surface area contributed by atoms with Gasteiger partial charge < -0.3 is 9.97 Å². The minimum Gasteiger partial charge on any atom is -0.316 e. The number of nitro benzene ring substituents is 1. The number of hydrogen-bond donors (Lipinski definition) is 2. The third kappa shape index (κ3) is 3.82. The molecule has 0 amide bonds. The van der Waals surface area contributed by atoms with Crippen LogP contribution < -0.4 is 11.1 Å². The van der Waals surface area contributed by atoms with Gasteiger partial charge in [0.1, 0.15) is 0 Å². The van der Waals surface area contributed by atoms with Crippen LogP contribution in [0.4, 0.5) is 5.69 Å². The van der Waals surface area contributed by atoms with Gasteiger partial charge >= 0.3 is 11.1 Å². The molecule has 1 aromatic heterocycles. The first kappa shape index (κ1) is 17.7. The number of rotatable bonds is 3. The molecule has 0 radical (unpaired) electrons. The van der Waals surface area contributed by atoms with E-state index in [1.54, 1.807) is 0 Å². The van der Waals surface area contributed by atoms with Crippen molar-refractivity contribution in [3.63, 3.8) is 0 Å². The highest BCUT2D eigenvalue weighted by molar-refractivity contribution is 8.93. The van der Waals surface area contributed by atoms with E-state index in [0.29, 0.717) is 17.6 Å². The van der Waals surface area contributed by atoms with Crippen LogP contribution in [0.3, 0.4) is 0 Å². The Morgan fingerprint density at radius 3 is 2.48 bits per heavy atom. The molecule has 23 heavy (non-hydrogen) atoms. The Labute approximate surface area is 145 Å². The van der Waals surface area contributed by atoms with Gasteiger partial charge in [0.25, 0.3) is 5.69 Å². The molecule has 0 atom stereocenters. The molecular formula is C13H15BrN4O4S. The number of H-pyrrole nitrogens is 2. The Balaban J connectivity index is 0.00000192. The van der Waals surface area contributed by atoms with Crippen LogP contribution in [-0.2, 0) is 6.54 Å². The third-order valence-electron chi connectivity index (χ3n) is 3.61. The fourth-order valence-electron chi connectivity index (χ4n) is 2.51. The number of non-ortho nitro benzene ring substituents is 1. The Hall–Kier alpha value is -1.65. The van der Waals surface area contributed by atoms with Crippen molar-refractivity contribution in [2.75, 3.05) is 24.6 Å². The summed E-state index contributed by atoms with van der Waals surface area (Å²) in [6.07, 6.45) is 0. The van der Waals surface area contributed by atoms with Gasteiger partial charge in [0.05, 0.1) is 16.0 Å². The predicted octanol–water partition coefficient (Wildman–Crippen LogP) is 1.25. The van der Waals surface area contributed by atoms with Crippen LogP contribution in [-0.4, -0.2) is 44.4 Å². The first-order chi connectivity index (χ1) is 10.5. The fraction of sp³-hybridized carbons (Fsp3) is 0.385. The van der Waals surface area contributed by atoms with Crippen LogP contribution in [0.2, 0.25) is 0 Å². The molecule has 3 rings (SSSR count). The number of nitrogens with one attached hydrogen (secondary N) is 2. The van der Waals surface area contributed by atoms with Crippen LogP contribution >= 0.6 is 28.7 Å². The summed E-state index contributed by atoms with van der Waals surface area (Å²) in [4.78, 5) is 40.7. The average molecular weight is 403 g/mol. The summed E-state index contributed by atoms with van der Waals surface area (Å²) in [7, 11) is 0. The van der Waals surface area contributed by atoms with E-state index in [-0.39, 0.29) is 28.2 Å². The van der Waals surface area contributed by atoms with Crippen molar-refractivity contribution in [2.45, 2.75) is 6.54 Å². The first-order valence-electron chi connectivity index (χ1n) is 6.78. The van der Waals surface area contributed by atoms with E-state index in [9.17, 15) is 19.7 Å². The summed E-state index contributed by atoms with van der Waals surface area (Å²) < 4.78 is 0. The second-order valence-electron chi connectivity index (χ2n) is 5.08. The molecule has 0 aliphatic carbocycles. The number of halogens is 1. The molecule has 1 fully saturated rings. The molecule has 0 unspecified atom stereocenters. The van der Waals surface area contributed by atoms with Crippen molar-refractivity contribution in [3.05, 3.63) is 48.5 Å². The van der Waals surface area contributed by atoms with E-state index in [4.69, 9.17) is 0 Å². The molecule has 1 saturated heterocycles. The van der Waals surface area contributed by atoms with Gasteiger partial charge in [-0.3, -0.25) is 24.6 Å². The summed E-state index contributed by atoms with van der Waals surface area (Å²) in [5.41, 5.74) is -0.292. The van der Waals surface area contributed by atoms with Crippen molar-refractivity contribution in [1.82, 2.24) is 14.9 Å². The standard InChI is InChI=1S/C13H14N4O4S.BrH/c18-12-13(19)15-11-8(7-16-1-3-22-4-2-16)5-9(17(20)21)6-10(11)14-12;/h5-6H,1-4,7H2,(H,14,18)(H,15,19);1H. The molecule has 1 aromatic carbocycles. The second kappa shape index (κ2) is 7.28. The quantitative estimate of drug-likeness (QED) is 0.453. The monoisotopic (exact) mass is 402 g/mol. The zero-order valence-corrected chi connectivity index (χ0v) is 14.6. The molecule has 0 spiro atoms. The number of fused-ring (bicyclic) bond motifs is 1. The summed E-state index contributed by atoms with van der Waals surface area (Å²) in [6, 6.07) is 2.72. The van der Waals surface area contributed by atoms with Crippen LogP contribution in [0.25, 0.3) is 11.0 Å². The van der Waals surface area contributed by atoms with E-state index in [0.717, 1.165) is 24.6 Å². The smallest absolute Gasteiger partial charge is 0.314 e. The Morgan fingerprint density at radius 2 is 1.83 bits per heavy atom. The van der Waals surface area contributed by atoms with Gasteiger partial charge in [-0.15, -0.1) is 17.0 Å². The SMILES string of the molecule is Br.O=c1[nH]c2cc([N+](=O)[O-])cc(CN3CCSCC3)c2[nH]c1=O. The number of aromatic amines is 2. The third-order valence-corrected chi connectivity index (χ3v) is 4.55.